The first-order chi connectivity index (χ1) is 8.63. The molecule has 1 aromatic rings. The van der Waals surface area contributed by atoms with E-state index in [1.165, 1.54) is 19.3 Å². The van der Waals surface area contributed by atoms with E-state index in [1.807, 2.05) is 12.1 Å². The number of anilines is 1. The largest absolute Gasteiger partial charge is 0.399 e. The van der Waals surface area contributed by atoms with Crippen LogP contribution >= 0.6 is 11.6 Å². The highest BCUT2D eigenvalue weighted by atomic mass is 35.5. The van der Waals surface area contributed by atoms with Crippen molar-refractivity contribution in [3.8, 4) is 0 Å². The van der Waals surface area contributed by atoms with Gasteiger partial charge in [-0.25, -0.2) is 0 Å². The monoisotopic (exact) mass is 268 g/mol. The van der Waals surface area contributed by atoms with E-state index < -0.39 is 0 Å². The van der Waals surface area contributed by atoms with Gasteiger partial charge < -0.3 is 10.5 Å². The van der Waals surface area contributed by atoms with Crippen LogP contribution in [0.3, 0.4) is 0 Å². The van der Waals surface area contributed by atoms with Crippen LogP contribution in [0.25, 0.3) is 0 Å². The van der Waals surface area contributed by atoms with Crippen LogP contribution in [-0.4, -0.2) is 31.2 Å². The average molecular weight is 269 g/mol. The summed E-state index contributed by atoms with van der Waals surface area (Å²) >= 11 is 6.00. The van der Waals surface area contributed by atoms with Crippen molar-refractivity contribution >= 4 is 17.3 Å². The minimum absolute atomic E-state index is 0.375. The Hall–Kier alpha value is -0.770. The molecule has 0 saturated carbocycles. The second-order valence-electron chi connectivity index (χ2n) is 5.08. The highest BCUT2D eigenvalue weighted by Crippen LogP contribution is 2.19. The number of halogens is 1. The minimum Gasteiger partial charge on any atom is -0.399 e. The first-order valence-electron chi connectivity index (χ1n) is 6.48. The standard InChI is InChI=1S/C14H21ClN2O/c1-17(10-14-4-2-3-5-18-14)9-11-6-12(15)8-13(16)7-11/h6-8,14H,2-5,9-10,16H2,1H3. The molecular weight excluding hydrogens is 248 g/mol. The summed E-state index contributed by atoms with van der Waals surface area (Å²) in [5.74, 6) is 0. The summed E-state index contributed by atoms with van der Waals surface area (Å²) < 4.78 is 5.74. The molecule has 0 bridgehead atoms. The van der Waals surface area contributed by atoms with Gasteiger partial charge in [-0.3, -0.25) is 4.90 Å². The van der Waals surface area contributed by atoms with Gasteiger partial charge in [0, 0.05) is 30.4 Å². The number of rotatable bonds is 4. The van der Waals surface area contributed by atoms with Gasteiger partial charge in [-0.1, -0.05) is 11.6 Å². The van der Waals surface area contributed by atoms with Crippen LogP contribution in [0.2, 0.25) is 5.02 Å². The topological polar surface area (TPSA) is 38.5 Å². The summed E-state index contributed by atoms with van der Waals surface area (Å²) in [4.78, 5) is 2.26. The van der Waals surface area contributed by atoms with E-state index in [0.29, 0.717) is 11.1 Å². The molecule has 0 radical (unpaired) electrons. The van der Waals surface area contributed by atoms with Gasteiger partial charge in [0.05, 0.1) is 6.10 Å². The zero-order chi connectivity index (χ0) is 13.0. The molecule has 2 rings (SSSR count). The van der Waals surface area contributed by atoms with Crippen molar-refractivity contribution < 1.29 is 4.74 Å². The third-order valence-electron chi connectivity index (χ3n) is 3.22. The van der Waals surface area contributed by atoms with E-state index in [2.05, 4.69) is 11.9 Å². The average Bonchev–Trinajstić information content (AvgIpc) is 2.28. The van der Waals surface area contributed by atoms with Crippen LogP contribution in [-0.2, 0) is 11.3 Å². The first-order valence-corrected chi connectivity index (χ1v) is 6.86. The second kappa shape index (κ2) is 6.41. The summed E-state index contributed by atoms with van der Waals surface area (Å²) in [6.45, 7) is 2.72. The Bertz CT molecular complexity index is 371. The van der Waals surface area contributed by atoms with Crippen LogP contribution in [0, 0.1) is 0 Å². The zero-order valence-electron chi connectivity index (χ0n) is 10.9. The van der Waals surface area contributed by atoms with Crippen molar-refractivity contribution in [1.82, 2.24) is 4.90 Å². The second-order valence-corrected chi connectivity index (χ2v) is 5.51. The number of hydrogen-bond acceptors (Lipinski definition) is 3. The van der Waals surface area contributed by atoms with Gasteiger partial charge in [0.15, 0.2) is 0 Å². The normalized spacial score (nSPS) is 20.3. The number of benzene rings is 1. The van der Waals surface area contributed by atoms with Crippen molar-refractivity contribution in [2.24, 2.45) is 0 Å². The number of hydrogen-bond donors (Lipinski definition) is 1. The molecule has 1 aliphatic heterocycles. The van der Waals surface area contributed by atoms with Crippen LogP contribution in [0.4, 0.5) is 5.69 Å². The van der Waals surface area contributed by atoms with Gasteiger partial charge in [0.2, 0.25) is 0 Å². The summed E-state index contributed by atoms with van der Waals surface area (Å²) in [6.07, 6.45) is 4.02. The molecule has 1 unspecified atom stereocenters. The lowest BCUT2D eigenvalue weighted by Gasteiger charge is -2.27. The summed E-state index contributed by atoms with van der Waals surface area (Å²) in [5, 5.41) is 0.701. The fourth-order valence-electron chi connectivity index (χ4n) is 2.44. The van der Waals surface area contributed by atoms with Crippen LogP contribution in [0.5, 0.6) is 0 Å². The molecule has 100 valence electrons. The maximum atomic E-state index is 6.00. The Morgan fingerprint density at radius 1 is 1.39 bits per heavy atom. The van der Waals surface area contributed by atoms with Crippen molar-refractivity contribution in [2.75, 3.05) is 25.9 Å². The Morgan fingerprint density at radius 2 is 2.22 bits per heavy atom. The van der Waals surface area contributed by atoms with Crippen LogP contribution in [0.1, 0.15) is 24.8 Å². The molecule has 1 fully saturated rings. The van der Waals surface area contributed by atoms with Crippen molar-refractivity contribution in [1.29, 1.82) is 0 Å². The number of nitrogens with zero attached hydrogens (tertiary/aromatic N) is 1. The molecule has 18 heavy (non-hydrogen) atoms. The Morgan fingerprint density at radius 3 is 2.89 bits per heavy atom. The van der Waals surface area contributed by atoms with E-state index in [4.69, 9.17) is 22.1 Å². The molecule has 2 N–H and O–H groups in total. The predicted octanol–water partition coefficient (Wildman–Crippen LogP) is 2.92. The van der Waals surface area contributed by atoms with Gasteiger partial charge in [0.25, 0.3) is 0 Å². The van der Waals surface area contributed by atoms with Crippen molar-refractivity contribution in [3.05, 3.63) is 28.8 Å². The quantitative estimate of drug-likeness (QED) is 0.854. The Labute approximate surface area is 114 Å². The summed E-state index contributed by atoms with van der Waals surface area (Å²) in [7, 11) is 2.11. The lowest BCUT2D eigenvalue weighted by molar-refractivity contribution is -0.00258. The predicted molar refractivity (Wildman–Crippen MR) is 75.8 cm³/mol. The molecule has 0 spiro atoms. The van der Waals surface area contributed by atoms with Crippen LogP contribution in [0.15, 0.2) is 18.2 Å². The lowest BCUT2D eigenvalue weighted by Crippen LogP contribution is -2.33. The SMILES string of the molecule is CN(Cc1cc(N)cc(Cl)c1)CC1CCCCO1. The van der Waals surface area contributed by atoms with Gasteiger partial charge in [-0.05, 0) is 50.1 Å². The van der Waals surface area contributed by atoms with Gasteiger partial charge >= 0.3 is 0 Å². The smallest absolute Gasteiger partial charge is 0.0702 e. The number of nitrogens with two attached hydrogens (primary N) is 1. The van der Waals surface area contributed by atoms with E-state index in [-0.39, 0.29) is 0 Å². The fourth-order valence-corrected chi connectivity index (χ4v) is 2.71. The van der Waals surface area contributed by atoms with Crippen molar-refractivity contribution in [2.45, 2.75) is 31.9 Å². The van der Waals surface area contributed by atoms with Gasteiger partial charge in [-0.2, -0.15) is 0 Å². The molecule has 0 aliphatic carbocycles. The van der Waals surface area contributed by atoms with Gasteiger partial charge in [-0.15, -0.1) is 0 Å². The number of nitrogen functional groups attached to an aromatic ring is 1. The molecule has 0 amide bonds. The molecule has 3 nitrogen and oxygen atoms in total. The zero-order valence-corrected chi connectivity index (χ0v) is 11.6. The van der Waals surface area contributed by atoms with E-state index >= 15 is 0 Å². The third kappa shape index (κ3) is 4.16. The van der Waals surface area contributed by atoms with Gasteiger partial charge in [0.1, 0.15) is 0 Å². The highest BCUT2D eigenvalue weighted by Gasteiger charge is 2.15. The molecule has 0 aromatic heterocycles. The Kier molecular flexibility index (Phi) is 4.87. The van der Waals surface area contributed by atoms with Crippen molar-refractivity contribution in [3.63, 3.8) is 0 Å². The van der Waals surface area contributed by atoms with E-state index in [0.717, 1.165) is 30.9 Å². The van der Waals surface area contributed by atoms with E-state index in [9.17, 15) is 0 Å². The number of ether oxygens (including phenoxy) is 1. The minimum atomic E-state index is 0.375. The molecule has 1 aliphatic rings. The first kappa shape index (κ1) is 13.7. The molecule has 1 heterocycles. The summed E-state index contributed by atoms with van der Waals surface area (Å²) in [6, 6.07) is 5.72. The summed E-state index contributed by atoms with van der Waals surface area (Å²) in [5.41, 5.74) is 7.67. The molecule has 1 atom stereocenters. The molecule has 1 saturated heterocycles. The van der Waals surface area contributed by atoms with Crippen LogP contribution < -0.4 is 5.73 Å². The fraction of sp³-hybridized carbons (Fsp3) is 0.571. The number of likely N-dealkylation sites (N-methyl/N-ethyl adjacent to an activating group) is 1. The maximum Gasteiger partial charge on any atom is 0.0702 e. The maximum absolute atomic E-state index is 6.00. The third-order valence-corrected chi connectivity index (χ3v) is 3.44. The lowest BCUT2D eigenvalue weighted by atomic mass is 10.1. The highest BCUT2D eigenvalue weighted by molar-refractivity contribution is 6.30. The molecule has 1 aromatic carbocycles. The molecule has 4 heteroatoms. The molecular formula is C14H21ClN2O. The van der Waals surface area contributed by atoms with E-state index in [1.54, 1.807) is 6.07 Å². The Balaban J connectivity index is 1.87.